The Bertz CT molecular complexity index is 1070. The van der Waals surface area contributed by atoms with E-state index >= 15 is 0 Å². The van der Waals surface area contributed by atoms with Crippen LogP contribution >= 0.6 is 0 Å². The Morgan fingerprint density at radius 1 is 1.11 bits per heavy atom. The van der Waals surface area contributed by atoms with Gasteiger partial charge in [0.2, 0.25) is 0 Å². The van der Waals surface area contributed by atoms with E-state index in [1.54, 1.807) is 12.1 Å². The Balaban J connectivity index is 1.98. The third-order valence-electron chi connectivity index (χ3n) is 4.25. The molecule has 0 aliphatic carbocycles. The van der Waals surface area contributed by atoms with Crippen LogP contribution in [0.4, 0.5) is 18.9 Å². The number of fused-ring (bicyclic) bond motifs is 1. The Kier molecular flexibility index (Phi) is 5.51. The van der Waals surface area contributed by atoms with Gasteiger partial charge in [-0.05, 0) is 29.7 Å². The van der Waals surface area contributed by atoms with Crippen LogP contribution in [0.15, 0.2) is 53.3 Å². The molecule has 0 amide bonds. The summed E-state index contributed by atoms with van der Waals surface area (Å²) in [6, 6.07) is 11.3. The van der Waals surface area contributed by atoms with Gasteiger partial charge in [-0.15, -0.1) is 0 Å². The van der Waals surface area contributed by atoms with E-state index in [-0.39, 0.29) is 42.0 Å². The number of rotatable bonds is 6. The van der Waals surface area contributed by atoms with Crippen molar-refractivity contribution in [1.29, 1.82) is 0 Å². The second-order valence-electron chi connectivity index (χ2n) is 6.22. The number of nitrogens with one attached hydrogen (secondary N) is 2. The SMILES string of the molecule is O=C(CCO)CNc1ccc2cc(-c3ccccc3C(F)(F)F)[nH]c(=O)c2c1. The predicted octanol–water partition coefficient (Wildman–Crippen LogP) is 3.58. The first-order chi connectivity index (χ1) is 13.3. The Labute approximate surface area is 157 Å². The van der Waals surface area contributed by atoms with Crippen molar-refractivity contribution in [3.63, 3.8) is 0 Å². The number of Topliss-reactive ketones (excluding diaryl/α,β-unsaturated/α-hetero) is 1. The van der Waals surface area contributed by atoms with Crippen LogP contribution in [0.1, 0.15) is 12.0 Å². The zero-order valence-corrected chi connectivity index (χ0v) is 14.6. The lowest BCUT2D eigenvalue weighted by atomic mass is 10.0. The molecule has 5 nitrogen and oxygen atoms in total. The summed E-state index contributed by atoms with van der Waals surface area (Å²) in [5.41, 5.74) is -0.872. The molecule has 8 heteroatoms. The standard InChI is InChI=1S/C20H17F3N2O3/c21-20(22,23)17-4-2-1-3-15(17)18-9-12-5-6-13(10-16(12)19(28)25-18)24-11-14(27)7-8-26/h1-6,9-10,24,26H,7-8,11H2,(H,25,28). The number of anilines is 1. The third kappa shape index (κ3) is 4.23. The van der Waals surface area contributed by atoms with E-state index in [9.17, 15) is 22.8 Å². The number of carbonyl (C=O) groups excluding carboxylic acids is 1. The molecule has 0 aliphatic heterocycles. The quantitative estimate of drug-likeness (QED) is 0.601. The van der Waals surface area contributed by atoms with Gasteiger partial charge in [0.25, 0.3) is 5.56 Å². The average molecular weight is 390 g/mol. The lowest BCUT2D eigenvalue weighted by Gasteiger charge is -2.13. The molecule has 0 fully saturated rings. The van der Waals surface area contributed by atoms with Crippen molar-refractivity contribution in [3.8, 4) is 11.3 Å². The number of H-pyrrole nitrogens is 1. The van der Waals surface area contributed by atoms with Crippen molar-refractivity contribution < 1.29 is 23.1 Å². The van der Waals surface area contributed by atoms with Crippen molar-refractivity contribution in [2.45, 2.75) is 12.6 Å². The summed E-state index contributed by atoms with van der Waals surface area (Å²) in [4.78, 5) is 26.4. The molecule has 2 aromatic carbocycles. The maximum Gasteiger partial charge on any atom is 0.417 e. The van der Waals surface area contributed by atoms with Crippen LogP contribution < -0.4 is 10.9 Å². The smallest absolute Gasteiger partial charge is 0.396 e. The Hall–Kier alpha value is -3.13. The van der Waals surface area contributed by atoms with Gasteiger partial charge in [0.05, 0.1) is 18.7 Å². The normalized spacial score (nSPS) is 11.6. The van der Waals surface area contributed by atoms with Gasteiger partial charge in [-0.2, -0.15) is 13.2 Å². The van der Waals surface area contributed by atoms with Crippen LogP contribution in [-0.2, 0) is 11.0 Å². The van der Waals surface area contributed by atoms with Crippen molar-refractivity contribution in [2.24, 2.45) is 0 Å². The fraction of sp³-hybridized carbons (Fsp3) is 0.200. The van der Waals surface area contributed by atoms with Crippen molar-refractivity contribution in [3.05, 3.63) is 64.4 Å². The molecule has 3 N–H and O–H groups in total. The number of carbonyl (C=O) groups is 1. The number of aliphatic hydroxyl groups is 1. The predicted molar refractivity (Wildman–Crippen MR) is 100 cm³/mol. The molecule has 0 unspecified atom stereocenters. The van der Waals surface area contributed by atoms with Crippen LogP contribution in [0.5, 0.6) is 0 Å². The van der Waals surface area contributed by atoms with Crippen molar-refractivity contribution >= 4 is 22.2 Å². The van der Waals surface area contributed by atoms with Crippen LogP contribution in [0.3, 0.4) is 0 Å². The zero-order chi connectivity index (χ0) is 20.3. The van der Waals surface area contributed by atoms with Gasteiger partial charge in [0.1, 0.15) is 0 Å². The maximum atomic E-state index is 13.3. The molecule has 0 aliphatic rings. The van der Waals surface area contributed by atoms with Gasteiger partial charge in [0, 0.05) is 28.8 Å². The second-order valence-corrected chi connectivity index (χ2v) is 6.22. The number of hydrogen-bond acceptors (Lipinski definition) is 4. The minimum absolute atomic E-state index is 0.00100. The summed E-state index contributed by atoms with van der Waals surface area (Å²) >= 11 is 0. The van der Waals surface area contributed by atoms with Crippen LogP contribution in [0.25, 0.3) is 22.0 Å². The van der Waals surface area contributed by atoms with Gasteiger partial charge < -0.3 is 15.4 Å². The Morgan fingerprint density at radius 3 is 2.57 bits per heavy atom. The molecule has 0 saturated carbocycles. The molecule has 0 atom stereocenters. The molecule has 3 aromatic rings. The van der Waals surface area contributed by atoms with E-state index in [4.69, 9.17) is 5.11 Å². The number of aromatic nitrogens is 1. The fourth-order valence-corrected chi connectivity index (χ4v) is 2.89. The highest BCUT2D eigenvalue weighted by Gasteiger charge is 2.33. The molecule has 3 rings (SSSR count). The van der Waals surface area contributed by atoms with E-state index in [1.807, 2.05) is 0 Å². The van der Waals surface area contributed by atoms with Gasteiger partial charge in [-0.25, -0.2) is 0 Å². The molecular weight excluding hydrogens is 373 g/mol. The van der Waals surface area contributed by atoms with E-state index < -0.39 is 17.3 Å². The maximum absolute atomic E-state index is 13.3. The first-order valence-electron chi connectivity index (χ1n) is 8.49. The minimum atomic E-state index is -4.54. The van der Waals surface area contributed by atoms with E-state index in [2.05, 4.69) is 10.3 Å². The van der Waals surface area contributed by atoms with Crippen molar-refractivity contribution in [1.82, 2.24) is 4.98 Å². The number of halogens is 3. The summed E-state index contributed by atoms with van der Waals surface area (Å²) < 4.78 is 39.8. The van der Waals surface area contributed by atoms with E-state index in [0.717, 1.165) is 6.07 Å². The molecule has 0 radical (unpaired) electrons. The first kappa shape index (κ1) is 19.6. The highest BCUT2D eigenvalue weighted by molar-refractivity contribution is 5.89. The largest absolute Gasteiger partial charge is 0.417 e. The molecule has 28 heavy (non-hydrogen) atoms. The number of alkyl halides is 3. The number of aliphatic hydroxyl groups excluding tert-OH is 1. The molecular formula is C20H17F3N2O3. The molecule has 0 saturated heterocycles. The average Bonchev–Trinajstić information content (AvgIpc) is 2.66. The minimum Gasteiger partial charge on any atom is -0.396 e. The lowest BCUT2D eigenvalue weighted by Crippen LogP contribution is -2.15. The van der Waals surface area contributed by atoms with Gasteiger partial charge in [-0.3, -0.25) is 9.59 Å². The second kappa shape index (κ2) is 7.85. The summed E-state index contributed by atoms with van der Waals surface area (Å²) in [5, 5.41) is 12.4. The first-order valence-corrected chi connectivity index (χ1v) is 8.49. The molecule has 0 bridgehead atoms. The van der Waals surface area contributed by atoms with E-state index in [1.165, 1.54) is 30.3 Å². The van der Waals surface area contributed by atoms with Crippen LogP contribution in [-0.4, -0.2) is 29.0 Å². The van der Waals surface area contributed by atoms with E-state index in [0.29, 0.717) is 11.1 Å². The zero-order valence-electron chi connectivity index (χ0n) is 14.6. The van der Waals surface area contributed by atoms with Gasteiger partial charge >= 0.3 is 6.18 Å². The number of aromatic amines is 1. The number of benzene rings is 2. The van der Waals surface area contributed by atoms with Gasteiger partial charge in [-0.1, -0.05) is 24.3 Å². The lowest BCUT2D eigenvalue weighted by molar-refractivity contribution is -0.137. The molecule has 0 spiro atoms. The summed E-state index contributed by atoms with van der Waals surface area (Å²) in [5.74, 6) is -0.185. The highest BCUT2D eigenvalue weighted by atomic mass is 19.4. The highest BCUT2D eigenvalue weighted by Crippen LogP contribution is 2.36. The van der Waals surface area contributed by atoms with Gasteiger partial charge in [0.15, 0.2) is 5.78 Å². The topological polar surface area (TPSA) is 82.2 Å². The monoisotopic (exact) mass is 390 g/mol. The van der Waals surface area contributed by atoms with Crippen LogP contribution in [0.2, 0.25) is 0 Å². The fourth-order valence-electron chi connectivity index (χ4n) is 2.89. The Morgan fingerprint density at radius 2 is 1.86 bits per heavy atom. The summed E-state index contributed by atoms with van der Waals surface area (Å²) in [7, 11) is 0. The van der Waals surface area contributed by atoms with Crippen molar-refractivity contribution in [2.75, 3.05) is 18.5 Å². The number of pyridine rings is 1. The molecule has 1 aromatic heterocycles. The number of ketones is 1. The molecule has 1 heterocycles. The summed E-state index contributed by atoms with van der Waals surface area (Å²) in [6.07, 6.45) is -4.51. The molecule has 146 valence electrons. The number of hydrogen-bond donors (Lipinski definition) is 3. The third-order valence-corrected chi connectivity index (χ3v) is 4.25. The summed E-state index contributed by atoms with van der Waals surface area (Å²) in [6.45, 7) is -0.235. The van der Waals surface area contributed by atoms with Crippen LogP contribution in [0, 0.1) is 0 Å².